The SMILES string of the molecule is CCOC(=O)C1=C(N)OC2=C(C(=O)CCC2)C12C(=O)Nc1ccc(Br)cc12. The number of fused-ring (bicyclic) bond motifs is 3. The lowest BCUT2D eigenvalue weighted by Crippen LogP contribution is -2.49. The van der Waals surface area contributed by atoms with Crippen molar-refractivity contribution in [1.82, 2.24) is 0 Å². The molecule has 0 radical (unpaired) electrons. The summed E-state index contributed by atoms with van der Waals surface area (Å²) in [6, 6.07) is 5.21. The van der Waals surface area contributed by atoms with Crippen LogP contribution < -0.4 is 11.1 Å². The van der Waals surface area contributed by atoms with E-state index in [1.54, 1.807) is 25.1 Å². The maximum absolute atomic E-state index is 13.3. The Hall–Kier alpha value is -2.61. The van der Waals surface area contributed by atoms with E-state index in [-0.39, 0.29) is 35.8 Å². The van der Waals surface area contributed by atoms with Crippen LogP contribution in [-0.4, -0.2) is 24.3 Å². The Morgan fingerprint density at radius 3 is 2.89 bits per heavy atom. The van der Waals surface area contributed by atoms with Crippen LogP contribution in [0.2, 0.25) is 0 Å². The number of halogens is 1. The van der Waals surface area contributed by atoms with E-state index in [4.69, 9.17) is 15.2 Å². The first kappa shape index (κ1) is 17.8. The van der Waals surface area contributed by atoms with Crippen LogP contribution in [0.1, 0.15) is 31.7 Å². The monoisotopic (exact) mass is 432 g/mol. The lowest BCUT2D eigenvalue weighted by molar-refractivity contribution is -0.141. The molecule has 4 rings (SSSR count). The number of rotatable bonds is 2. The van der Waals surface area contributed by atoms with Gasteiger partial charge in [-0.25, -0.2) is 4.79 Å². The summed E-state index contributed by atoms with van der Waals surface area (Å²) < 4.78 is 11.5. The summed E-state index contributed by atoms with van der Waals surface area (Å²) in [7, 11) is 0. The minimum Gasteiger partial charge on any atom is -0.462 e. The van der Waals surface area contributed by atoms with Gasteiger partial charge in [-0.1, -0.05) is 15.9 Å². The van der Waals surface area contributed by atoms with E-state index in [0.29, 0.717) is 34.3 Å². The number of allylic oxidation sites excluding steroid dienone is 1. The number of ketones is 1. The van der Waals surface area contributed by atoms with Crippen LogP contribution in [0.25, 0.3) is 0 Å². The lowest BCUT2D eigenvalue weighted by Gasteiger charge is -2.38. The van der Waals surface area contributed by atoms with Gasteiger partial charge in [0.25, 0.3) is 0 Å². The van der Waals surface area contributed by atoms with Gasteiger partial charge in [-0.3, -0.25) is 9.59 Å². The number of anilines is 1. The van der Waals surface area contributed by atoms with Gasteiger partial charge in [-0.05, 0) is 31.5 Å². The molecule has 1 atom stereocenters. The first-order chi connectivity index (χ1) is 12.9. The number of carbonyl (C=O) groups excluding carboxylic acids is 3. The lowest BCUT2D eigenvalue weighted by atomic mass is 9.65. The molecule has 3 N–H and O–H groups in total. The average Bonchev–Trinajstić information content (AvgIpc) is 2.87. The van der Waals surface area contributed by atoms with E-state index in [1.807, 2.05) is 0 Å². The van der Waals surface area contributed by atoms with Crippen molar-refractivity contribution in [2.75, 3.05) is 11.9 Å². The predicted molar refractivity (Wildman–Crippen MR) is 99.3 cm³/mol. The molecule has 1 spiro atoms. The Morgan fingerprint density at radius 2 is 2.15 bits per heavy atom. The van der Waals surface area contributed by atoms with Gasteiger partial charge in [0.05, 0.1) is 12.2 Å². The fourth-order valence-corrected chi connectivity index (χ4v) is 4.42. The third-order valence-corrected chi connectivity index (χ3v) is 5.54. The van der Waals surface area contributed by atoms with Gasteiger partial charge in [0.1, 0.15) is 16.7 Å². The van der Waals surface area contributed by atoms with E-state index in [9.17, 15) is 14.4 Å². The van der Waals surface area contributed by atoms with Crippen molar-refractivity contribution in [1.29, 1.82) is 0 Å². The van der Waals surface area contributed by atoms with Crippen molar-refractivity contribution in [2.24, 2.45) is 5.73 Å². The van der Waals surface area contributed by atoms with Gasteiger partial charge >= 0.3 is 5.97 Å². The first-order valence-electron chi connectivity index (χ1n) is 8.64. The Labute approximate surface area is 163 Å². The van der Waals surface area contributed by atoms with Gasteiger partial charge in [0.2, 0.25) is 11.8 Å². The maximum Gasteiger partial charge on any atom is 0.341 e. The number of hydrogen-bond acceptors (Lipinski definition) is 6. The number of carbonyl (C=O) groups is 3. The molecule has 3 aliphatic rings. The standard InChI is InChI=1S/C19H17BrN2O5/c1-2-26-17(24)15-16(21)27-13-5-3-4-12(23)14(13)19(15)10-8-9(20)6-7-11(10)22-18(19)25/h6-8H,2-5,21H2,1H3,(H,22,25). The zero-order chi connectivity index (χ0) is 19.3. The number of amides is 1. The number of esters is 1. The third kappa shape index (κ3) is 2.36. The van der Waals surface area contributed by atoms with Crippen LogP contribution in [0.15, 0.2) is 45.5 Å². The number of nitrogens with one attached hydrogen (secondary N) is 1. The van der Waals surface area contributed by atoms with E-state index >= 15 is 0 Å². The van der Waals surface area contributed by atoms with Crippen molar-refractivity contribution < 1.29 is 23.9 Å². The summed E-state index contributed by atoms with van der Waals surface area (Å²) in [5.74, 6) is -1.37. The van der Waals surface area contributed by atoms with Crippen LogP contribution in [0, 0.1) is 0 Å². The fraction of sp³-hybridized carbons (Fsp3) is 0.316. The Balaban J connectivity index is 2.08. The molecule has 0 bridgehead atoms. The minimum absolute atomic E-state index is 0.0957. The topological polar surface area (TPSA) is 108 Å². The maximum atomic E-state index is 13.3. The summed E-state index contributed by atoms with van der Waals surface area (Å²) >= 11 is 3.41. The summed E-state index contributed by atoms with van der Waals surface area (Å²) in [6.07, 6.45) is 1.34. The normalized spacial score (nSPS) is 23.8. The summed E-state index contributed by atoms with van der Waals surface area (Å²) in [6.45, 7) is 1.75. The molecule has 2 heterocycles. The molecule has 0 saturated carbocycles. The Bertz CT molecular complexity index is 965. The number of ether oxygens (including phenoxy) is 2. The fourth-order valence-electron chi connectivity index (χ4n) is 4.06. The Morgan fingerprint density at radius 1 is 1.37 bits per heavy atom. The first-order valence-corrected chi connectivity index (χ1v) is 9.44. The van der Waals surface area contributed by atoms with Gasteiger partial charge < -0.3 is 20.5 Å². The second-order valence-corrected chi connectivity index (χ2v) is 7.45. The molecule has 7 nitrogen and oxygen atoms in total. The molecule has 0 saturated heterocycles. The average molecular weight is 433 g/mol. The molecule has 2 aliphatic heterocycles. The second-order valence-electron chi connectivity index (χ2n) is 6.53. The summed E-state index contributed by atoms with van der Waals surface area (Å²) in [4.78, 5) is 39.1. The molecule has 0 aromatic heterocycles. The summed E-state index contributed by atoms with van der Waals surface area (Å²) in [5, 5.41) is 2.79. The highest BCUT2D eigenvalue weighted by atomic mass is 79.9. The number of nitrogens with two attached hydrogens (primary N) is 1. The number of benzene rings is 1. The highest BCUT2D eigenvalue weighted by Gasteiger charge is 2.61. The van der Waals surface area contributed by atoms with Crippen LogP contribution in [0.4, 0.5) is 5.69 Å². The van der Waals surface area contributed by atoms with Crippen molar-refractivity contribution in [3.63, 3.8) is 0 Å². The van der Waals surface area contributed by atoms with Crippen LogP contribution in [-0.2, 0) is 29.3 Å². The number of Topliss-reactive ketones (excluding diaryl/α,β-unsaturated/α-hetero) is 1. The van der Waals surface area contributed by atoms with Crippen LogP contribution in [0.5, 0.6) is 0 Å². The molecule has 1 unspecified atom stereocenters. The van der Waals surface area contributed by atoms with Crippen molar-refractivity contribution >= 4 is 39.3 Å². The van der Waals surface area contributed by atoms with E-state index < -0.39 is 17.3 Å². The van der Waals surface area contributed by atoms with Gasteiger partial charge in [-0.15, -0.1) is 0 Å². The minimum atomic E-state index is -1.67. The molecule has 1 aromatic rings. The molecule has 1 aromatic carbocycles. The van der Waals surface area contributed by atoms with Crippen molar-refractivity contribution in [2.45, 2.75) is 31.6 Å². The molecular weight excluding hydrogens is 416 g/mol. The van der Waals surface area contributed by atoms with E-state index in [2.05, 4.69) is 21.2 Å². The second kappa shape index (κ2) is 6.23. The molecule has 1 aliphatic carbocycles. The quantitative estimate of drug-likeness (QED) is 0.694. The molecular formula is C19H17BrN2O5. The number of hydrogen-bond donors (Lipinski definition) is 2. The molecule has 1 amide bonds. The van der Waals surface area contributed by atoms with Crippen molar-refractivity contribution in [3.05, 3.63) is 51.0 Å². The zero-order valence-corrected chi connectivity index (χ0v) is 16.1. The largest absolute Gasteiger partial charge is 0.462 e. The molecule has 27 heavy (non-hydrogen) atoms. The van der Waals surface area contributed by atoms with Crippen LogP contribution >= 0.6 is 15.9 Å². The molecule has 140 valence electrons. The smallest absolute Gasteiger partial charge is 0.341 e. The zero-order valence-electron chi connectivity index (χ0n) is 14.6. The van der Waals surface area contributed by atoms with Gasteiger partial charge in [-0.2, -0.15) is 0 Å². The Kier molecular flexibility index (Phi) is 4.10. The molecule has 8 heteroatoms. The van der Waals surface area contributed by atoms with Crippen LogP contribution in [0.3, 0.4) is 0 Å². The van der Waals surface area contributed by atoms with Gasteiger partial charge in [0.15, 0.2) is 5.78 Å². The van der Waals surface area contributed by atoms with Crippen molar-refractivity contribution in [3.8, 4) is 0 Å². The van der Waals surface area contributed by atoms with E-state index in [0.717, 1.165) is 0 Å². The highest BCUT2D eigenvalue weighted by molar-refractivity contribution is 9.10. The molecule has 0 fully saturated rings. The predicted octanol–water partition coefficient (Wildman–Crippen LogP) is 2.41. The third-order valence-electron chi connectivity index (χ3n) is 5.05. The summed E-state index contributed by atoms with van der Waals surface area (Å²) in [5.41, 5.74) is 5.47. The highest BCUT2D eigenvalue weighted by Crippen LogP contribution is 2.54. The van der Waals surface area contributed by atoms with Gasteiger partial charge in [0, 0.05) is 28.6 Å². The van der Waals surface area contributed by atoms with E-state index in [1.165, 1.54) is 0 Å².